The number of aromatic nitrogens is 3. The Kier molecular flexibility index (Phi) is 5.66. The standard InChI is InChI=1S/C19H26FN5O/c1-3-12(2)17(21)19(26)22-13-8-9-15(20)14(11-13)18-24-23-16-7-5-4-6-10-25(16)18/h8-9,11-12,17H,3-7,10,21H2,1-2H3,(H,22,26). The van der Waals surface area contributed by atoms with Crippen LogP contribution in [0.4, 0.5) is 10.1 Å². The number of fused-ring (bicyclic) bond motifs is 1. The summed E-state index contributed by atoms with van der Waals surface area (Å²) >= 11 is 0. The third-order valence-corrected chi connectivity index (χ3v) is 5.14. The largest absolute Gasteiger partial charge is 0.325 e. The van der Waals surface area contributed by atoms with Crippen molar-refractivity contribution in [3.05, 3.63) is 29.8 Å². The van der Waals surface area contributed by atoms with Gasteiger partial charge >= 0.3 is 0 Å². The van der Waals surface area contributed by atoms with Crippen LogP contribution in [0.1, 0.15) is 45.4 Å². The summed E-state index contributed by atoms with van der Waals surface area (Å²) in [5, 5.41) is 11.2. The van der Waals surface area contributed by atoms with Crippen LogP contribution in [-0.4, -0.2) is 26.7 Å². The Morgan fingerprint density at radius 2 is 2.15 bits per heavy atom. The van der Waals surface area contributed by atoms with Gasteiger partial charge in [0.25, 0.3) is 0 Å². The molecule has 0 saturated carbocycles. The van der Waals surface area contributed by atoms with Crippen LogP contribution in [0.2, 0.25) is 0 Å². The number of carbonyl (C=O) groups is 1. The topological polar surface area (TPSA) is 85.8 Å². The molecule has 2 aromatic rings. The molecule has 0 aliphatic carbocycles. The number of aryl methyl sites for hydroxylation is 1. The molecule has 0 bridgehead atoms. The van der Waals surface area contributed by atoms with Crippen LogP contribution in [0.25, 0.3) is 11.4 Å². The molecule has 1 aromatic heterocycles. The van der Waals surface area contributed by atoms with Crippen LogP contribution in [0, 0.1) is 11.7 Å². The Hall–Kier alpha value is -2.28. The van der Waals surface area contributed by atoms with Crippen LogP contribution >= 0.6 is 0 Å². The summed E-state index contributed by atoms with van der Waals surface area (Å²) in [4.78, 5) is 12.3. The van der Waals surface area contributed by atoms with Gasteiger partial charge < -0.3 is 15.6 Å². The molecule has 1 aliphatic heterocycles. The predicted molar refractivity (Wildman–Crippen MR) is 99.0 cm³/mol. The maximum Gasteiger partial charge on any atom is 0.241 e. The molecule has 0 saturated heterocycles. The van der Waals surface area contributed by atoms with Crippen molar-refractivity contribution in [2.24, 2.45) is 11.7 Å². The zero-order valence-electron chi connectivity index (χ0n) is 15.3. The molecule has 0 radical (unpaired) electrons. The first kappa shape index (κ1) is 18.5. The Balaban J connectivity index is 1.87. The van der Waals surface area contributed by atoms with Crippen molar-refractivity contribution in [1.29, 1.82) is 0 Å². The lowest BCUT2D eigenvalue weighted by Crippen LogP contribution is -2.40. The summed E-state index contributed by atoms with van der Waals surface area (Å²) in [6.45, 7) is 4.71. The first-order chi connectivity index (χ1) is 12.5. The molecular formula is C19H26FN5O. The van der Waals surface area contributed by atoms with E-state index in [0.29, 0.717) is 17.1 Å². The highest BCUT2D eigenvalue weighted by atomic mass is 19.1. The second kappa shape index (κ2) is 7.95. The number of nitrogens with zero attached hydrogens (tertiary/aromatic N) is 3. The Bertz CT molecular complexity index is 788. The molecule has 1 aromatic carbocycles. The van der Waals surface area contributed by atoms with Crippen molar-refractivity contribution in [2.45, 2.75) is 58.5 Å². The van der Waals surface area contributed by atoms with E-state index in [0.717, 1.165) is 44.5 Å². The smallest absolute Gasteiger partial charge is 0.241 e. The number of nitrogens with two attached hydrogens (primary N) is 1. The Labute approximate surface area is 153 Å². The fourth-order valence-corrected chi connectivity index (χ4v) is 3.20. The molecule has 6 nitrogen and oxygen atoms in total. The number of anilines is 1. The number of rotatable bonds is 5. The van der Waals surface area contributed by atoms with E-state index in [1.165, 1.54) is 6.07 Å². The van der Waals surface area contributed by atoms with Gasteiger partial charge in [-0.25, -0.2) is 4.39 Å². The number of nitrogens with one attached hydrogen (secondary N) is 1. The van der Waals surface area contributed by atoms with Crippen molar-refractivity contribution in [3.63, 3.8) is 0 Å². The predicted octanol–water partition coefficient (Wildman–Crippen LogP) is 3.12. The molecule has 3 rings (SSSR count). The van der Waals surface area contributed by atoms with Gasteiger partial charge in [0, 0.05) is 18.7 Å². The summed E-state index contributed by atoms with van der Waals surface area (Å²) in [6, 6.07) is 3.90. The van der Waals surface area contributed by atoms with Crippen LogP contribution in [0.5, 0.6) is 0 Å². The lowest BCUT2D eigenvalue weighted by molar-refractivity contribution is -0.118. The normalized spacial score (nSPS) is 16.5. The van der Waals surface area contributed by atoms with Crippen molar-refractivity contribution in [1.82, 2.24) is 14.8 Å². The number of hydrogen-bond acceptors (Lipinski definition) is 4. The van der Waals surface area contributed by atoms with E-state index in [2.05, 4.69) is 15.5 Å². The Morgan fingerprint density at radius 3 is 2.92 bits per heavy atom. The average molecular weight is 359 g/mol. The fraction of sp³-hybridized carbons (Fsp3) is 0.526. The maximum atomic E-state index is 14.5. The van der Waals surface area contributed by atoms with Gasteiger partial charge in [-0.3, -0.25) is 4.79 Å². The van der Waals surface area contributed by atoms with E-state index in [4.69, 9.17) is 5.73 Å². The molecule has 0 fully saturated rings. The molecule has 2 atom stereocenters. The van der Waals surface area contributed by atoms with E-state index in [1.54, 1.807) is 12.1 Å². The highest BCUT2D eigenvalue weighted by molar-refractivity contribution is 5.95. The molecule has 2 unspecified atom stereocenters. The number of carbonyl (C=O) groups excluding carboxylic acids is 1. The number of benzene rings is 1. The van der Waals surface area contributed by atoms with E-state index in [-0.39, 0.29) is 17.6 Å². The van der Waals surface area contributed by atoms with Gasteiger partial charge in [0.05, 0.1) is 11.6 Å². The van der Waals surface area contributed by atoms with Crippen molar-refractivity contribution < 1.29 is 9.18 Å². The van der Waals surface area contributed by atoms with E-state index in [9.17, 15) is 9.18 Å². The van der Waals surface area contributed by atoms with E-state index < -0.39 is 6.04 Å². The average Bonchev–Trinajstić information content (AvgIpc) is 2.89. The number of hydrogen-bond donors (Lipinski definition) is 2. The van der Waals surface area contributed by atoms with Gasteiger partial charge in [0.2, 0.25) is 5.91 Å². The highest BCUT2D eigenvalue weighted by Crippen LogP contribution is 2.27. The number of halogens is 1. The van der Waals surface area contributed by atoms with Gasteiger partial charge in [-0.05, 0) is 37.0 Å². The van der Waals surface area contributed by atoms with Gasteiger partial charge in [0.1, 0.15) is 11.6 Å². The second-order valence-corrected chi connectivity index (χ2v) is 7.00. The summed E-state index contributed by atoms with van der Waals surface area (Å²) in [5.74, 6) is 0.833. The fourth-order valence-electron chi connectivity index (χ4n) is 3.20. The quantitative estimate of drug-likeness (QED) is 0.859. The maximum absolute atomic E-state index is 14.5. The molecular weight excluding hydrogens is 333 g/mol. The minimum Gasteiger partial charge on any atom is -0.325 e. The molecule has 140 valence electrons. The van der Waals surface area contributed by atoms with Crippen molar-refractivity contribution in [2.75, 3.05) is 5.32 Å². The zero-order valence-corrected chi connectivity index (χ0v) is 15.3. The minimum atomic E-state index is -0.599. The van der Waals surface area contributed by atoms with Crippen molar-refractivity contribution in [3.8, 4) is 11.4 Å². The van der Waals surface area contributed by atoms with Crippen LogP contribution in [-0.2, 0) is 17.8 Å². The monoisotopic (exact) mass is 359 g/mol. The minimum absolute atomic E-state index is 0.0715. The summed E-state index contributed by atoms with van der Waals surface area (Å²) in [6.07, 6.45) is 4.91. The lowest BCUT2D eigenvalue weighted by atomic mass is 9.99. The third kappa shape index (κ3) is 3.77. The van der Waals surface area contributed by atoms with Crippen LogP contribution in [0.3, 0.4) is 0 Å². The number of amides is 1. The van der Waals surface area contributed by atoms with Crippen LogP contribution < -0.4 is 11.1 Å². The van der Waals surface area contributed by atoms with Gasteiger partial charge in [0.15, 0.2) is 5.82 Å². The molecule has 2 heterocycles. The first-order valence-corrected chi connectivity index (χ1v) is 9.29. The molecule has 1 aliphatic rings. The molecule has 1 amide bonds. The zero-order chi connectivity index (χ0) is 18.7. The van der Waals surface area contributed by atoms with Gasteiger partial charge in [-0.1, -0.05) is 26.7 Å². The molecule has 3 N–H and O–H groups in total. The van der Waals surface area contributed by atoms with Crippen molar-refractivity contribution >= 4 is 11.6 Å². The first-order valence-electron chi connectivity index (χ1n) is 9.29. The Morgan fingerprint density at radius 1 is 1.35 bits per heavy atom. The molecule has 26 heavy (non-hydrogen) atoms. The molecule has 7 heteroatoms. The summed E-state index contributed by atoms with van der Waals surface area (Å²) in [5.41, 5.74) is 6.84. The van der Waals surface area contributed by atoms with Gasteiger partial charge in [-0.2, -0.15) is 0 Å². The second-order valence-electron chi connectivity index (χ2n) is 7.00. The molecule has 0 spiro atoms. The summed E-state index contributed by atoms with van der Waals surface area (Å²) in [7, 11) is 0. The van der Waals surface area contributed by atoms with E-state index in [1.807, 2.05) is 18.4 Å². The SMILES string of the molecule is CCC(C)C(N)C(=O)Nc1ccc(F)c(-c2nnc3n2CCCCC3)c1. The lowest BCUT2D eigenvalue weighted by Gasteiger charge is -2.18. The van der Waals surface area contributed by atoms with Crippen LogP contribution in [0.15, 0.2) is 18.2 Å². The highest BCUT2D eigenvalue weighted by Gasteiger charge is 2.22. The van der Waals surface area contributed by atoms with E-state index >= 15 is 0 Å². The third-order valence-electron chi connectivity index (χ3n) is 5.14. The van der Waals surface area contributed by atoms with Gasteiger partial charge in [-0.15, -0.1) is 10.2 Å². The summed E-state index contributed by atoms with van der Waals surface area (Å²) < 4.78 is 16.5.